The Balaban J connectivity index is 0.000000771. The van der Waals surface area contributed by atoms with Crippen molar-refractivity contribution in [2.45, 2.75) is 33.4 Å². The number of ether oxygens (including phenoxy) is 1. The van der Waals surface area contributed by atoms with Crippen LogP contribution in [-0.4, -0.2) is 37.7 Å². The first-order valence-corrected chi connectivity index (χ1v) is 6.86. The van der Waals surface area contributed by atoms with Gasteiger partial charge in [0.15, 0.2) is 0 Å². The average Bonchev–Trinajstić information content (AvgIpc) is 2.41. The van der Waals surface area contributed by atoms with Crippen LogP contribution in [0.5, 0.6) is 5.75 Å². The Hall–Kier alpha value is -1.06. The van der Waals surface area contributed by atoms with Crippen LogP contribution in [0.3, 0.4) is 0 Å². The van der Waals surface area contributed by atoms with Crippen molar-refractivity contribution in [3.8, 4) is 5.75 Å². The summed E-state index contributed by atoms with van der Waals surface area (Å²) in [6.07, 6.45) is 0. The molecule has 2 rings (SSSR count). The van der Waals surface area contributed by atoms with E-state index in [1.807, 2.05) is 19.9 Å². The zero-order valence-corrected chi connectivity index (χ0v) is 12.1. The Labute approximate surface area is 111 Å². The highest BCUT2D eigenvalue weighted by Crippen LogP contribution is 2.14. The lowest BCUT2D eigenvalue weighted by atomic mass is 10.1. The van der Waals surface area contributed by atoms with Crippen LogP contribution in [0.2, 0.25) is 0 Å². The minimum Gasteiger partial charge on any atom is -0.497 e. The summed E-state index contributed by atoms with van der Waals surface area (Å²) in [5.74, 6) is 0.945. The molecule has 0 aliphatic carbocycles. The van der Waals surface area contributed by atoms with Crippen molar-refractivity contribution >= 4 is 0 Å². The number of methoxy groups -OCH3 is 1. The molecule has 1 aliphatic heterocycles. The standard InChI is InChI=1S/C13H20N2O.C2H6/c1-11-9-15(7-6-14-11)10-12-4-3-5-13(8-12)16-2;1-2/h3-5,8,11,14H,6-7,9-10H2,1-2H3;1-2H3/t11-;/m0./s1. The first kappa shape index (κ1) is 15.0. The average molecular weight is 250 g/mol. The molecule has 0 aromatic heterocycles. The number of rotatable bonds is 3. The predicted molar refractivity (Wildman–Crippen MR) is 77.1 cm³/mol. The minimum atomic E-state index is 0.597. The Morgan fingerprint density at radius 3 is 2.83 bits per heavy atom. The Kier molecular flexibility index (Phi) is 6.76. The molecule has 1 aliphatic rings. The maximum atomic E-state index is 5.23. The highest BCUT2D eigenvalue weighted by Gasteiger charge is 2.15. The second-order valence-electron chi connectivity index (χ2n) is 4.44. The van der Waals surface area contributed by atoms with Crippen molar-refractivity contribution in [1.82, 2.24) is 10.2 Å². The summed E-state index contributed by atoms with van der Waals surface area (Å²) in [5.41, 5.74) is 1.33. The van der Waals surface area contributed by atoms with Gasteiger partial charge in [0.05, 0.1) is 7.11 Å². The molecule has 0 spiro atoms. The second kappa shape index (κ2) is 8.11. The Bertz CT molecular complexity index is 341. The fraction of sp³-hybridized carbons (Fsp3) is 0.600. The van der Waals surface area contributed by atoms with Crippen LogP contribution in [0.15, 0.2) is 24.3 Å². The largest absolute Gasteiger partial charge is 0.497 e. The van der Waals surface area contributed by atoms with Gasteiger partial charge in [-0.05, 0) is 24.6 Å². The van der Waals surface area contributed by atoms with E-state index in [1.54, 1.807) is 7.11 Å². The molecular weight excluding hydrogens is 224 g/mol. The van der Waals surface area contributed by atoms with E-state index in [1.165, 1.54) is 5.56 Å². The monoisotopic (exact) mass is 250 g/mol. The smallest absolute Gasteiger partial charge is 0.119 e. The molecule has 1 atom stereocenters. The van der Waals surface area contributed by atoms with Gasteiger partial charge in [0, 0.05) is 32.2 Å². The maximum Gasteiger partial charge on any atom is 0.119 e. The first-order chi connectivity index (χ1) is 8.78. The lowest BCUT2D eigenvalue weighted by Crippen LogP contribution is -2.48. The second-order valence-corrected chi connectivity index (χ2v) is 4.44. The summed E-state index contributed by atoms with van der Waals surface area (Å²) in [6, 6.07) is 8.92. The third-order valence-electron chi connectivity index (χ3n) is 2.99. The van der Waals surface area contributed by atoms with Crippen LogP contribution >= 0.6 is 0 Å². The van der Waals surface area contributed by atoms with Crippen LogP contribution in [-0.2, 0) is 6.54 Å². The fourth-order valence-electron chi connectivity index (χ4n) is 2.18. The van der Waals surface area contributed by atoms with Crippen molar-refractivity contribution in [2.75, 3.05) is 26.7 Å². The highest BCUT2D eigenvalue weighted by atomic mass is 16.5. The SMILES string of the molecule is CC.COc1cccc(CN2CCN[C@@H](C)C2)c1. The van der Waals surface area contributed by atoms with E-state index in [4.69, 9.17) is 4.74 Å². The van der Waals surface area contributed by atoms with Gasteiger partial charge in [-0.25, -0.2) is 0 Å². The van der Waals surface area contributed by atoms with Gasteiger partial charge in [-0.15, -0.1) is 0 Å². The fourth-order valence-corrected chi connectivity index (χ4v) is 2.18. The summed E-state index contributed by atoms with van der Waals surface area (Å²) < 4.78 is 5.23. The third-order valence-corrected chi connectivity index (χ3v) is 2.99. The molecule has 1 N–H and O–H groups in total. The van der Waals surface area contributed by atoms with Crippen LogP contribution < -0.4 is 10.1 Å². The third kappa shape index (κ3) is 4.67. The molecule has 1 fully saturated rings. The summed E-state index contributed by atoms with van der Waals surface area (Å²) in [4.78, 5) is 2.48. The number of nitrogens with one attached hydrogen (secondary N) is 1. The number of piperazine rings is 1. The molecule has 3 nitrogen and oxygen atoms in total. The number of hydrogen-bond donors (Lipinski definition) is 1. The van der Waals surface area contributed by atoms with Crippen molar-refractivity contribution in [2.24, 2.45) is 0 Å². The van der Waals surface area contributed by atoms with E-state index < -0.39 is 0 Å². The van der Waals surface area contributed by atoms with E-state index in [0.717, 1.165) is 31.9 Å². The molecule has 0 amide bonds. The topological polar surface area (TPSA) is 24.5 Å². The van der Waals surface area contributed by atoms with Crippen LogP contribution in [0, 0.1) is 0 Å². The van der Waals surface area contributed by atoms with Gasteiger partial charge >= 0.3 is 0 Å². The molecule has 0 radical (unpaired) electrons. The molecular formula is C15H26N2O. The molecule has 0 saturated carbocycles. The lowest BCUT2D eigenvalue weighted by Gasteiger charge is -2.31. The van der Waals surface area contributed by atoms with Crippen molar-refractivity contribution in [1.29, 1.82) is 0 Å². The quantitative estimate of drug-likeness (QED) is 0.892. The van der Waals surface area contributed by atoms with Crippen molar-refractivity contribution < 1.29 is 4.74 Å². The summed E-state index contributed by atoms with van der Waals surface area (Å²) in [5, 5.41) is 3.45. The highest BCUT2D eigenvalue weighted by molar-refractivity contribution is 5.28. The molecule has 0 bridgehead atoms. The molecule has 3 heteroatoms. The van der Waals surface area contributed by atoms with Gasteiger partial charge in [-0.1, -0.05) is 26.0 Å². The summed E-state index contributed by atoms with van der Waals surface area (Å²) in [7, 11) is 1.71. The number of benzene rings is 1. The lowest BCUT2D eigenvalue weighted by molar-refractivity contribution is 0.199. The molecule has 1 aromatic carbocycles. The van der Waals surface area contributed by atoms with E-state index in [9.17, 15) is 0 Å². The van der Waals surface area contributed by atoms with E-state index in [2.05, 4.69) is 35.3 Å². The van der Waals surface area contributed by atoms with Crippen molar-refractivity contribution in [3.05, 3.63) is 29.8 Å². The maximum absolute atomic E-state index is 5.23. The van der Waals surface area contributed by atoms with Gasteiger partial charge in [0.25, 0.3) is 0 Å². The Morgan fingerprint density at radius 2 is 2.17 bits per heavy atom. The Morgan fingerprint density at radius 1 is 1.39 bits per heavy atom. The van der Waals surface area contributed by atoms with Gasteiger partial charge in [-0.3, -0.25) is 4.90 Å². The molecule has 102 valence electrons. The van der Waals surface area contributed by atoms with Gasteiger partial charge in [0.1, 0.15) is 5.75 Å². The summed E-state index contributed by atoms with van der Waals surface area (Å²) in [6.45, 7) is 10.6. The zero-order valence-electron chi connectivity index (χ0n) is 12.1. The van der Waals surface area contributed by atoms with Crippen molar-refractivity contribution in [3.63, 3.8) is 0 Å². The normalized spacial score (nSPS) is 19.9. The van der Waals surface area contributed by atoms with E-state index in [-0.39, 0.29) is 0 Å². The predicted octanol–water partition coefficient (Wildman–Crippen LogP) is 2.52. The van der Waals surface area contributed by atoms with Crippen LogP contribution in [0.25, 0.3) is 0 Å². The number of hydrogen-bond acceptors (Lipinski definition) is 3. The van der Waals surface area contributed by atoms with Crippen LogP contribution in [0.4, 0.5) is 0 Å². The molecule has 0 unspecified atom stereocenters. The van der Waals surface area contributed by atoms with E-state index in [0.29, 0.717) is 6.04 Å². The summed E-state index contributed by atoms with van der Waals surface area (Å²) >= 11 is 0. The molecule has 1 saturated heterocycles. The minimum absolute atomic E-state index is 0.597. The molecule has 18 heavy (non-hydrogen) atoms. The van der Waals surface area contributed by atoms with Gasteiger partial charge in [-0.2, -0.15) is 0 Å². The van der Waals surface area contributed by atoms with E-state index >= 15 is 0 Å². The van der Waals surface area contributed by atoms with Gasteiger partial charge in [0.2, 0.25) is 0 Å². The number of nitrogens with zero attached hydrogens (tertiary/aromatic N) is 1. The van der Waals surface area contributed by atoms with Gasteiger partial charge < -0.3 is 10.1 Å². The zero-order chi connectivity index (χ0) is 13.4. The first-order valence-electron chi connectivity index (χ1n) is 6.86. The molecule has 1 heterocycles. The van der Waals surface area contributed by atoms with Crippen LogP contribution in [0.1, 0.15) is 26.3 Å². The molecule has 1 aromatic rings.